The van der Waals surface area contributed by atoms with Crippen molar-refractivity contribution in [2.45, 2.75) is 44.4 Å². The molecule has 1 aromatic heterocycles. The van der Waals surface area contributed by atoms with Crippen LogP contribution in [0.15, 0.2) is 36.9 Å². The SMILES string of the molecule is C=C(C(=O)NCc1ccc(NS(C)(=O)=O)c(F)c1)c1ccc(C(F)(F)F)nc1NC1CCCC1. The van der Waals surface area contributed by atoms with E-state index < -0.39 is 33.6 Å². The lowest BCUT2D eigenvalue weighted by molar-refractivity contribution is -0.141. The van der Waals surface area contributed by atoms with Gasteiger partial charge < -0.3 is 10.6 Å². The maximum absolute atomic E-state index is 14.1. The van der Waals surface area contributed by atoms with Gasteiger partial charge in [0.05, 0.1) is 11.9 Å². The molecule has 34 heavy (non-hydrogen) atoms. The highest BCUT2D eigenvalue weighted by molar-refractivity contribution is 7.92. The number of amides is 1. The summed E-state index contributed by atoms with van der Waals surface area (Å²) in [7, 11) is -3.66. The molecule has 0 radical (unpaired) electrons. The molecule has 3 N–H and O–H groups in total. The minimum atomic E-state index is -4.64. The molecule has 1 aromatic carbocycles. The third-order valence-electron chi connectivity index (χ3n) is 5.26. The van der Waals surface area contributed by atoms with E-state index in [1.54, 1.807) is 0 Å². The van der Waals surface area contributed by atoms with Crippen molar-refractivity contribution in [3.63, 3.8) is 0 Å². The van der Waals surface area contributed by atoms with Crippen LogP contribution in [0.2, 0.25) is 0 Å². The number of anilines is 2. The number of alkyl halides is 3. The Morgan fingerprint density at radius 1 is 1.18 bits per heavy atom. The number of rotatable bonds is 8. The summed E-state index contributed by atoms with van der Waals surface area (Å²) >= 11 is 0. The van der Waals surface area contributed by atoms with Crippen LogP contribution >= 0.6 is 0 Å². The molecule has 1 aliphatic carbocycles. The largest absolute Gasteiger partial charge is 0.433 e. The molecule has 1 heterocycles. The van der Waals surface area contributed by atoms with Crippen LogP contribution in [0.4, 0.5) is 29.1 Å². The topological polar surface area (TPSA) is 100 Å². The third-order valence-corrected chi connectivity index (χ3v) is 5.85. The second-order valence-electron chi connectivity index (χ2n) is 8.07. The minimum absolute atomic E-state index is 0.0485. The Labute approximate surface area is 194 Å². The summed E-state index contributed by atoms with van der Waals surface area (Å²) < 4.78 is 78.2. The molecular formula is C22H24F4N4O3S. The highest BCUT2D eigenvalue weighted by atomic mass is 32.2. The van der Waals surface area contributed by atoms with Crippen LogP contribution in [0.1, 0.15) is 42.5 Å². The average molecular weight is 501 g/mol. The average Bonchev–Trinajstić information content (AvgIpc) is 3.25. The number of hydrogen-bond acceptors (Lipinski definition) is 5. The molecule has 1 amide bonds. The van der Waals surface area contributed by atoms with Crippen molar-refractivity contribution in [1.29, 1.82) is 0 Å². The molecule has 7 nitrogen and oxygen atoms in total. The molecule has 0 unspecified atom stereocenters. The standard InChI is InChI=1S/C22H24F4N4O3S/c1-13(21(31)27-12-14-7-9-18(17(23)11-14)30-34(2,32)33)16-8-10-19(22(24,25)26)29-20(16)28-15-5-3-4-6-15/h7-11,15,30H,1,3-6,12H2,2H3,(H,27,31)(H,28,29). The molecule has 3 rings (SSSR count). The maximum atomic E-state index is 14.1. The Kier molecular flexibility index (Phi) is 7.49. The Balaban J connectivity index is 1.74. The van der Waals surface area contributed by atoms with Crippen LogP contribution in [0.3, 0.4) is 0 Å². The zero-order valence-electron chi connectivity index (χ0n) is 18.3. The summed E-state index contributed by atoms with van der Waals surface area (Å²) in [6.45, 7) is 3.59. The summed E-state index contributed by atoms with van der Waals surface area (Å²) in [5, 5.41) is 5.54. The first-order chi connectivity index (χ1) is 15.8. The molecule has 12 heteroatoms. The number of aromatic nitrogens is 1. The molecule has 0 aliphatic heterocycles. The summed E-state index contributed by atoms with van der Waals surface area (Å²) in [4.78, 5) is 16.4. The monoisotopic (exact) mass is 500 g/mol. The normalized spacial score (nSPS) is 14.6. The predicted molar refractivity (Wildman–Crippen MR) is 121 cm³/mol. The number of carbonyl (C=O) groups is 1. The van der Waals surface area contributed by atoms with Gasteiger partial charge in [0.15, 0.2) is 0 Å². The molecular weight excluding hydrogens is 476 g/mol. The lowest BCUT2D eigenvalue weighted by Crippen LogP contribution is -2.25. The van der Waals surface area contributed by atoms with Gasteiger partial charge in [0.1, 0.15) is 17.3 Å². The van der Waals surface area contributed by atoms with Gasteiger partial charge in [-0.05, 0) is 42.7 Å². The fourth-order valence-electron chi connectivity index (χ4n) is 3.60. The summed E-state index contributed by atoms with van der Waals surface area (Å²) in [6.07, 6.45) is -0.295. The van der Waals surface area contributed by atoms with Gasteiger partial charge in [0, 0.05) is 23.7 Å². The van der Waals surface area contributed by atoms with E-state index in [1.165, 1.54) is 12.1 Å². The van der Waals surface area contributed by atoms with Gasteiger partial charge in [-0.3, -0.25) is 9.52 Å². The smallest absolute Gasteiger partial charge is 0.367 e. The number of nitrogens with one attached hydrogen (secondary N) is 3. The lowest BCUT2D eigenvalue weighted by Gasteiger charge is -2.19. The predicted octanol–water partition coefficient (Wildman–Crippen LogP) is 4.30. The van der Waals surface area contributed by atoms with E-state index in [0.717, 1.165) is 50.1 Å². The Morgan fingerprint density at radius 2 is 1.85 bits per heavy atom. The van der Waals surface area contributed by atoms with Gasteiger partial charge in [-0.2, -0.15) is 13.2 Å². The number of sulfonamides is 1. The van der Waals surface area contributed by atoms with Crippen molar-refractivity contribution in [2.75, 3.05) is 16.3 Å². The minimum Gasteiger partial charge on any atom is -0.367 e. The van der Waals surface area contributed by atoms with Crippen LogP contribution in [0.5, 0.6) is 0 Å². The van der Waals surface area contributed by atoms with E-state index in [-0.39, 0.29) is 35.2 Å². The second kappa shape index (κ2) is 10.00. The van der Waals surface area contributed by atoms with Gasteiger partial charge >= 0.3 is 6.18 Å². The van der Waals surface area contributed by atoms with Crippen molar-refractivity contribution < 1.29 is 30.8 Å². The van der Waals surface area contributed by atoms with E-state index in [0.29, 0.717) is 5.56 Å². The number of nitrogens with zero attached hydrogens (tertiary/aromatic N) is 1. The fourth-order valence-corrected chi connectivity index (χ4v) is 4.16. The number of hydrogen-bond donors (Lipinski definition) is 3. The van der Waals surface area contributed by atoms with Crippen molar-refractivity contribution in [3.8, 4) is 0 Å². The summed E-state index contributed by atoms with van der Waals surface area (Å²) in [6, 6.07) is 5.59. The second-order valence-corrected chi connectivity index (χ2v) is 9.81. The van der Waals surface area contributed by atoms with E-state index >= 15 is 0 Å². The van der Waals surface area contributed by atoms with E-state index in [1.807, 2.05) is 4.72 Å². The third kappa shape index (κ3) is 6.69. The van der Waals surface area contributed by atoms with Crippen molar-refractivity contribution >= 4 is 33.0 Å². The van der Waals surface area contributed by atoms with Gasteiger partial charge in [0.25, 0.3) is 5.91 Å². The van der Waals surface area contributed by atoms with Crippen LogP contribution < -0.4 is 15.4 Å². The van der Waals surface area contributed by atoms with Gasteiger partial charge in [-0.25, -0.2) is 17.8 Å². The summed E-state index contributed by atoms with van der Waals surface area (Å²) in [5.41, 5.74) is -0.940. The Hall–Kier alpha value is -3.15. The molecule has 0 atom stereocenters. The molecule has 1 fully saturated rings. The molecule has 1 aliphatic rings. The van der Waals surface area contributed by atoms with E-state index in [9.17, 15) is 30.8 Å². The first-order valence-electron chi connectivity index (χ1n) is 10.4. The molecule has 0 bridgehead atoms. The quantitative estimate of drug-likeness (QED) is 0.371. The first kappa shape index (κ1) is 25.5. The molecule has 0 saturated heterocycles. The zero-order chi connectivity index (χ0) is 25.1. The molecule has 184 valence electrons. The van der Waals surface area contributed by atoms with E-state index in [4.69, 9.17) is 0 Å². The Bertz CT molecular complexity index is 1190. The van der Waals surface area contributed by atoms with Gasteiger partial charge in [-0.1, -0.05) is 25.5 Å². The van der Waals surface area contributed by atoms with E-state index in [2.05, 4.69) is 22.2 Å². The molecule has 0 spiro atoms. The molecule has 1 saturated carbocycles. The molecule has 2 aromatic rings. The maximum Gasteiger partial charge on any atom is 0.433 e. The Morgan fingerprint density at radius 3 is 2.44 bits per heavy atom. The van der Waals surface area contributed by atoms with Crippen LogP contribution in [-0.4, -0.2) is 31.6 Å². The van der Waals surface area contributed by atoms with Crippen LogP contribution in [0.25, 0.3) is 5.57 Å². The van der Waals surface area contributed by atoms with Crippen molar-refractivity contribution in [1.82, 2.24) is 10.3 Å². The van der Waals surface area contributed by atoms with Gasteiger partial charge in [0.2, 0.25) is 10.0 Å². The zero-order valence-corrected chi connectivity index (χ0v) is 19.1. The number of pyridine rings is 1. The van der Waals surface area contributed by atoms with Gasteiger partial charge in [-0.15, -0.1) is 0 Å². The number of benzene rings is 1. The summed E-state index contributed by atoms with van der Waals surface area (Å²) in [5.74, 6) is -1.56. The lowest BCUT2D eigenvalue weighted by atomic mass is 10.1. The fraction of sp³-hybridized carbons (Fsp3) is 0.364. The van der Waals surface area contributed by atoms with Crippen molar-refractivity contribution in [2.24, 2.45) is 0 Å². The van der Waals surface area contributed by atoms with Crippen LogP contribution in [-0.2, 0) is 27.5 Å². The highest BCUT2D eigenvalue weighted by Crippen LogP contribution is 2.33. The first-order valence-corrected chi connectivity index (χ1v) is 12.3. The van der Waals surface area contributed by atoms with Crippen molar-refractivity contribution in [3.05, 3.63) is 59.5 Å². The highest BCUT2D eigenvalue weighted by Gasteiger charge is 2.34. The number of carbonyl (C=O) groups excluding carboxylic acids is 1. The van der Waals surface area contributed by atoms with Crippen LogP contribution in [0, 0.1) is 5.82 Å². The number of halogens is 4.